The van der Waals surface area contributed by atoms with Gasteiger partial charge in [-0.1, -0.05) is 0 Å². The van der Waals surface area contributed by atoms with Gasteiger partial charge in [-0.2, -0.15) is 0 Å². The van der Waals surface area contributed by atoms with Crippen molar-refractivity contribution in [2.24, 2.45) is 0 Å². The highest BCUT2D eigenvalue weighted by Gasteiger charge is 1.86. The maximum absolute atomic E-state index is 9.58. The maximum atomic E-state index is 9.58. The van der Waals surface area contributed by atoms with E-state index in [2.05, 4.69) is 4.52 Å². The molecule has 0 fully saturated rings. The Morgan fingerprint density at radius 2 is 2.12 bits per heavy atom. The van der Waals surface area contributed by atoms with Gasteiger partial charge in [-0.3, -0.25) is 0 Å². The van der Waals surface area contributed by atoms with Crippen LogP contribution in [0.2, 0.25) is 0 Å². The van der Waals surface area contributed by atoms with E-state index in [1.165, 1.54) is 0 Å². The van der Waals surface area contributed by atoms with Gasteiger partial charge in [0.1, 0.15) is 0 Å². The van der Waals surface area contributed by atoms with Crippen LogP contribution in [0.15, 0.2) is 0 Å². The molecule has 0 aliphatic carbocycles. The van der Waals surface area contributed by atoms with Gasteiger partial charge in [0.25, 0.3) is 0 Å². The molecule has 4 nitrogen and oxygen atoms in total. The second-order valence-electron chi connectivity index (χ2n) is 0.969. The summed E-state index contributed by atoms with van der Waals surface area (Å²) in [7, 11) is -4.77. The molecule has 0 aromatic rings. The summed E-state index contributed by atoms with van der Waals surface area (Å²) in [6.45, 7) is -0.244. The topological polar surface area (TPSA) is 72.4 Å². The molecule has 0 aliphatic heterocycles. The number of hydrogen-bond acceptors (Lipinski definition) is 4. The molecule has 0 N–H and O–H groups in total. The monoisotopic (exact) mass is 158 g/mol. The molecule has 0 heterocycles. The van der Waals surface area contributed by atoms with Crippen molar-refractivity contribution < 1.29 is 18.9 Å². The van der Waals surface area contributed by atoms with Gasteiger partial charge in [-0.05, 0) is 0 Å². The van der Waals surface area contributed by atoms with Crippen molar-refractivity contribution in [3.8, 4) is 0 Å². The van der Waals surface area contributed by atoms with Crippen LogP contribution in [0.1, 0.15) is 0 Å². The highest BCUT2D eigenvalue weighted by molar-refractivity contribution is 7.43. The van der Waals surface area contributed by atoms with Crippen molar-refractivity contribution in [1.82, 2.24) is 0 Å². The Hall–Kier alpha value is 0.400. The van der Waals surface area contributed by atoms with Crippen LogP contribution >= 0.6 is 19.4 Å². The Bertz CT molecular complexity index is 98.2. The van der Waals surface area contributed by atoms with Crippen molar-refractivity contribution in [2.45, 2.75) is 0 Å². The third kappa shape index (κ3) is 6.40. The summed E-state index contributed by atoms with van der Waals surface area (Å²) in [4.78, 5) is 19.2. The smallest absolute Gasteiger partial charge is 0.0654 e. The first-order valence-electron chi connectivity index (χ1n) is 1.79. The molecule has 0 rings (SSSR count). The van der Waals surface area contributed by atoms with Gasteiger partial charge in [-0.15, -0.1) is 11.6 Å². The summed E-state index contributed by atoms with van der Waals surface area (Å²) in [6, 6.07) is 0. The molecule has 0 aromatic heterocycles. The number of rotatable bonds is 3. The highest BCUT2D eigenvalue weighted by Crippen LogP contribution is 2.23. The fraction of sp³-hybridized carbons (Fsp3) is 1.00. The highest BCUT2D eigenvalue weighted by atomic mass is 35.5. The van der Waals surface area contributed by atoms with Crippen LogP contribution in [0, 0.1) is 0 Å². The predicted octanol–water partition coefficient (Wildman–Crippen LogP) is -0.930. The standard InChI is InChI=1S/C2H6ClO4P/c3-1-2-7-8(4,5)6/h1-2H2,(H2,4,5,6)/p-2. The van der Waals surface area contributed by atoms with E-state index in [9.17, 15) is 14.4 Å². The molecule has 0 unspecified atom stereocenters. The van der Waals surface area contributed by atoms with E-state index in [1.54, 1.807) is 0 Å². The molecule has 0 bridgehead atoms. The third-order valence-electron chi connectivity index (χ3n) is 0.327. The van der Waals surface area contributed by atoms with E-state index in [0.29, 0.717) is 0 Å². The second-order valence-corrected chi connectivity index (χ2v) is 2.50. The number of phosphoric ester groups is 1. The first kappa shape index (κ1) is 8.40. The average molecular weight is 158 g/mol. The van der Waals surface area contributed by atoms with E-state index < -0.39 is 7.82 Å². The van der Waals surface area contributed by atoms with Crippen molar-refractivity contribution in [2.75, 3.05) is 12.5 Å². The largest absolute Gasteiger partial charge is 0.790 e. The van der Waals surface area contributed by atoms with E-state index in [0.717, 1.165) is 0 Å². The van der Waals surface area contributed by atoms with Crippen LogP contribution in [0.4, 0.5) is 0 Å². The lowest BCUT2D eigenvalue weighted by molar-refractivity contribution is -0.341. The molecule has 0 saturated heterocycles. The van der Waals surface area contributed by atoms with Gasteiger partial charge in [0.05, 0.1) is 14.4 Å². The SMILES string of the molecule is O=P([O-])([O-])OCCCl. The maximum Gasteiger partial charge on any atom is 0.0654 e. The summed E-state index contributed by atoms with van der Waals surface area (Å²) in [6.07, 6.45) is 0. The van der Waals surface area contributed by atoms with Gasteiger partial charge < -0.3 is 18.9 Å². The minimum Gasteiger partial charge on any atom is -0.790 e. The average Bonchev–Trinajstić information content (AvgIpc) is 1.59. The molecule has 0 saturated carbocycles. The Balaban J connectivity index is 3.26. The lowest BCUT2D eigenvalue weighted by Crippen LogP contribution is -2.17. The molecule has 6 heteroatoms. The van der Waals surface area contributed by atoms with Gasteiger partial charge in [0.2, 0.25) is 0 Å². The lowest BCUT2D eigenvalue weighted by Gasteiger charge is -2.27. The van der Waals surface area contributed by atoms with Crippen LogP contribution in [-0.4, -0.2) is 12.5 Å². The first-order valence-corrected chi connectivity index (χ1v) is 3.78. The number of halogens is 1. The molecular weight excluding hydrogens is 154 g/mol. The normalized spacial score (nSPS) is 11.9. The van der Waals surface area contributed by atoms with E-state index in [-0.39, 0.29) is 12.5 Å². The molecule has 50 valence electrons. The van der Waals surface area contributed by atoms with E-state index >= 15 is 0 Å². The summed E-state index contributed by atoms with van der Waals surface area (Å²) in [5.74, 6) is 0.00840. The van der Waals surface area contributed by atoms with Crippen molar-refractivity contribution in [1.29, 1.82) is 0 Å². The van der Waals surface area contributed by atoms with Crippen molar-refractivity contribution in [3.05, 3.63) is 0 Å². The summed E-state index contributed by atoms with van der Waals surface area (Å²) >= 11 is 4.98. The van der Waals surface area contributed by atoms with Crippen LogP contribution in [0.3, 0.4) is 0 Å². The van der Waals surface area contributed by atoms with Crippen LogP contribution < -0.4 is 9.79 Å². The Labute approximate surface area is 51.7 Å². The number of hydrogen-bond donors (Lipinski definition) is 0. The molecule has 0 amide bonds. The zero-order valence-electron chi connectivity index (χ0n) is 3.87. The van der Waals surface area contributed by atoms with Gasteiger partial charge in [0, 0.05) is 5.88 Å². The minimum absolute atomic E-state index is 0.00840. The van der Waals surface area contributed by atoms with Crippen molar-refractivity contribution in [3.63, 3.8) is 0 Å². The first-order chi connectivity index (χ1) is 3.56. The fourth-order valence-corrected chi connectivity index (χ4v) is 0.646. The molecule has 0 radical (unpaired) electrons. The summed E-state index contributed by atoms with van der Waals surface area (Å²) < 4.78 is 13.3. The third-order valence-corrected chi connectivity index (χ3v) is 0.980. The van der Waals surface area contributed by atoms with Gasteiger partial charge in [0.15, 0.2) is 0 Å². The quantitative estimate of drug-likeness (QED) is 0.393. The van der Waals surface area contributed by atoms with E-state index in [1.807, 2.05) is 0 Å². The predicted molar refractivity (Wildman–Crippen MR) is 24.3 cm³/mol. The van der Waals surface area contributed by atoms with Crippen molar-refractivity contribution >= 4 is 19.4 Å². The molecular formula is C2H4ClO4P-2. The molecule has 0 atom stereocenters. The minimum atomic E-state index is -4.77. The second kappa shape index (κ2) is 3.43. The molecule has 0 spiro atoms. The van der Waals surface area contributed by atoms with E-state index in [4.69, 9.17) is 11.6 Å². The fourth-order valence-electron chi connectivity index (χ4n) is 0.146. The zero-order chi connectivity index (χ0) is 6.62. The van der Waals surface area contributed by atoms with Crippen LogP contribution in [-0.2, 0) is 9.09 Å². The van der Waals surface area contributed by atoms with Crippen LogP contribution in [0.5, 0.6) is 0 Å². The lowest BCUT2D eigenvalue weighted by atomic mass is 10.9. The number of phosphoric acid groups is 1. The van der Waals surface area contributed by atoms with Gasteiger partial charge in [-0.25, -0.2) is 0 Å². The Morgan fingerprint density at radius 3 is 2.25 bits per heavy atom. The number of alkyl halides is 1. The summed E-state index contributed by atoms with van der Waals surface area (Å²) in [5.41, 5.74) is 0. The summed E-state index contributed by atoms with van der Waals surface area (Å²) in [5, 5.41) is 0. The van der Waals surface area contributed by atoms with Crippen LogP contribution in [0.25, 0.3) is 0 Å². The Kier molecular flexibility index (Phi) is 3.60. The van der Waals surface area contributed by atoms with Gasteiger partial charge >= 0.3 is 0 Å². The Morgan fingerprint density at radius 1 is 1.62 bits per heavy atom. The molecule has 0 aliphatic rings. The zero-order valence-corrected chi connectivity index (χ0v) is 5.52. The molecule has 0 aromatic carbocycles. The molecule has 8 heavy (non-hydrogen) atoms.